The monoisotopic (exact) mass is 383 g/mol. The first kappa shape index (κ1) is 16.8. The molecule has 6 heteroatoms. The third kappa shape index (κ3) is 4.74. The van der Waals surface area contributed by atoms with Crippen molar-refractivity contribution in [2.45, 2.75) is 17.9 Å². The summed E-state index contributed by atoms with van der Waals surface area (Å²) in [5.41, 5.74) is 1.24. The molecule has 0 aliphatic rings. The number of amides is 1. The third-order valence-corrected chi connectivity index (χ3v) is 5.17. The zero-order chi connectivity index (χ0) is 16.1. The lowest BCUT2D eigenvalue weighted by molar-refractivity contribution is -0.115. The van der Waals surface area contributed by atoms with E-state index >= 15 is 0 Å². The number of hydrogen-bond donors (Lipinski definition) is 1. The number of carbonyl (C=O) groups is 1. The van der Waals surface area contributed by atoms with Crippen molar-refractivity contribution in [3.05, 3.63) is 64.4 Å². The van der Waals surface area contributed by atoms with Crippen LogP contribution in [0.1, 0.15) is 12.5 Å². The van der Waals surface area contributed by atoms with Crippen LogP contribution in [-0.2, 0) is 21.3 Å². The Morgan fingerprint density at radius 1 is 1.27 bits per heavy atom. The number of anilines is 1. The SMILES string of the molecule is C[C@@H](C(=O)Nc1cccc(F)c1)[S@@](=O)Cc1cccc(Br)c1. The average Bonchev–Trinajstić information content (AvgIpc) is 2.46. The third-order valence-electron chi connectivity index (χ3n) is 3.05. The highest BCUT2D eigenvalue weighted by Crippen LogP contribution is 2.15. The van der Waals surface area contributed by atoms with E-state index in [1.165, 1.54) is 18.2 Å². The molecule has 0 spiro atoms. The number of carbonyl (C=O) groups excluding carboxylic acids is 1. The van der Waals surface area contributed by atoms with Gasteiger partial charge < -0.3 is 5.32 Å². The quantitative estimate of drug-likeness (QED) is 0.851. The molecule has 0 aliphatic heterocycles. The molecule has 0 saturated heterocycles. The van der Waals surface area contributed by atoms with E-state index < -0.39 is 21.9 Å². The Morgan fingerprint density at radius 3 is 2.68 bits per heavy atom. The second-order valence-electron chi connectivity index (χ2n) is 4.80. The summed E-state index contributed by atoms with van der Waals surface area (Å²) in [7, 11) is -1.36. The Kier molecular flexibility index (Phi) is 5.85. The molecule has 22 heavy (non-hydrogen) atoms. The van der Waals surface area contributed by atoms with E-state index in [9.17, 15) is 13.4 Å². The maximum atomic E-state index is 13.1. The van der Waals surface area contributed by atoms with E-state index in [1.54, 1.807) is 13.0 Å². The van der Waals surface area contributed by atoms with E-state index in [0.717, 1.165) is 10.0 Å². The molecule has 1 amide bonds. The molecule has 0 fully saturated rings. The lowest BCUT2D eigenvalue weighted by atomic mass is 10.2. The van der Waals surface area contributed by atoms with Gasteiger partial charge in [-0.1, -0.05) is 34.1 Å². The minimum Gasteiger partial charge on any atom is -0.325 e. The van der Waals surface area contributed by atoms with Gasteiger partial charge in [0.05, 0.1) is 0 Å². The fourth-order valence-corrected chi connectivity index (χ4v) is 3.35. The largest absolute Gasteiger partial charge is 0.325 e. The van der Waals surface area contributed by atoms with Crippen LogP contribution in [0.3, 0.4) is 0 Å². The number of benzene rings is 2. The summed E-state index contributed by atoms with van der Waals surface area (Å²) in [6, 6.07) is 13.1. The van der Waals surface area contributed by atoms with E-state index in [-0.39, 0.29) is 11.7 Å². The first-order valence-corrected chi connectivity index (χ1v) is 8.81. The van der Waals surface area contributed by atoms with Crippen LogP contribution in [0.5, 0.6) is 0 Å². The molecule has 0 saturated carbocycles. The fraction of sp³-hybridized carbons (Fsp3) is 0.188. The number of halogens is 2. The van der Waals surface area contributed by atoms with E-state index in [1.807, 2.05) is 24.3 Å². The van der Waals surface area contributed by atoms with Crippen LogP contribution in [-0.4, -0.2) is 15.4 Å². The summed E-state index contributed by atoms with van der Waals surface area (Å²) >= 11 is 3.36. The van der Waals surface area contributed by atoms with Gasteiger partial charge in [0, 0.05) is 26.7 Å². The number of rotatable bonds is 5. The molecular formula is C16H15BrFNO2S. The van der Waals surface area contributed by atoms with Crippen molar-refractivity contribution in [2.24, 2.45) is 0 Å². The Labute approximate surface area is 139 Å². The van der Waals surface area contributed by atoms with Crippen molar-refractivity contribution >= 4 is 38.3 Å². The average molecular weight is 384 g/mol. The van der Waals surface area contributed by atoms with Crippen LogP contribution in [0.4, 0.5) is 10.1 Å². The predicted octanol–water partition coefficient (Wildman–Crippen LogP) is 3.86. The van der Waals surface area contributed by atoms with Gasteiger partial charge in [-0.15, -0.1) is 0 Å². The van der Waals surface area contributed by atoms with Gasteiger partial charge in [0.25, 0.3) is 0 Å². The summed E-state index contributed by atoms with van der Waals surface area (Å²) in [6.07, 6.45) is 0. The second-order valence-corrected chi connectivity index (χ2v) is 7.47. The zero-order valence-corrected chi connectivity index (χ0v) is 14.3. The molecule has 0 radical (unpaired) electrons. The highest BCUT2D eigenvalue weighted by molar-refractivity contribution is 9.10. The summed E-state index contributed by atoms with van der Waals surface area (Å²) in [5.74, 6) is -0.531. The predicted molar refractivity (Wildman–Crippen MR) is 90.5 cm³/mol. The van der Waals surface area contributed by atoms with E-state index in [2.05, 4.69) is 21.2 Å². The smallest absolute Gasteiger partial charge is 0.239 e. The van der Waals surface area contributed by atoms with Crippen LogP contribution < -0.4 is 5.32 Å². The minimum atomic E-state index is -1.36. The van der Waals surface area contributed by atoms with Gasteiger partial charge in [0.15, 0.2) is 0 Å². The maximum Gasteiger partial charge on any atom is 0.239 e. The second kappa shape index (κ2) is 7.65. The lowest BCUT2D eigenvalue weighted by Crippen LogP contribution is -2.29. The molecule has 3 nitrogen and oxygen atoms in total. The summed E-state index contributed by atoms with van der Waals surface area (Å²) in [4.78, 5) is 12.1. The van der Waals surface area contributed by atoms with Crippen LogP contribution in [0, 0.1) is 5.82 Å². The minimum absolute atomic E-state index is 0.289. The molecule has 0 aromatic heterocycles. The summed E-state index contributed by atoms with van der Waals surface area (Å²) in [6.45, 7) is 1.60. The van der Waals surface area contributed by atoms with Crippen molar-refractivity contribution in [2.75, 3.05) is 5.32 Å². The Balaban J connectivity index is 1.99. The Morgan fingerprint density at radius 2 is 2.00 bits per heavy atom. The van der Waals surface area contributed by atoms with Crippen LogP contribution >= 0.6 is 15.9 Å². The molecule has 0 heterocycles. The topological polar surface area (TPSA) is 46.2 Å². The molecular weight excluding hydrogens is 369 g/mol. The Bertz CT molecular complexity index is 649. The van der Waals surface area contributed by atoms with Gasteiger partial charge in [0.1, 0.15) is 11.1 Å². The van der Waals surface area contributed by atoms with Crippen molar-refractivity contribution in [1.82, 2.24) is 0 Å². The Hall–Kier alpha value is -1.53. The van der Waals surface area contributed by atoms with Gasteiger partial charge in [-0.25, -0.2) is 4.39 Å². The molecule has 116 valence electrons. The van der Waals surface area contributed by atoms with E-state index in [0.29, 0.717) is 5.69 Å². The molecule has 0 aliphatic carbocycles. The van der Waals surface area contributed by atoms with Crippen LogP contribution in [0.15, 0.2) is 53.0 Å². The van der Waals surface area contributed by atoms with Crippen molar-refractivity contribution < 1.29 is 13.4 Å². The molecule has 0 unspecified atom stereocenters. The van der Waals surface area contributed by atoms with E-state index in [4.69, 9.17) is 0 Å². The molecule has 2 atom stereocenters. The number of nitrogens with one attached hydrogen (secondary N) is 1. The number of hydrogen-bond acceptors (Lipinski definition) is 2. The molecule has 0 bridgehead atoms. The highest BCUT2D eigenvalue weighted by Gasteiger charge is 2.20. The molecule has 2 aromatic rings. The summed E-state index contributed by atoms with van der Waals surface area (Å²) < 4.78 is 26.3. The van der Waals surface area contributed by atoms with Gasteiger partial charge in [-0.05, 0) is 42.8 Å². The van der Waals surface area contributed by atoms with Crippen molar-refractivity contribution in [3.8, 4) is 0 Å². The van der Waals surface area contributed by atoms with Crippen LogP contribution in [0.2, 0.25) is 0 Å². The lowest BCUT2D eigenvalue weighted by Gasteiger charge is -2.12. The maximum absolute atomic E-state index is 13.1. The van der Waals surface area contributed by atoms with Crippen LogP contribution in [0.25, 0.3) is 0 Å². The molecule has 2 rings (SSSR count). The van der Waals surface area contributed by atoms with Gasteiger partial charge >= 0.3 is 0 Å². The first-order valence-electron chi connectivity index (χ1n) is 6.64. The van der Waals surface area contributed by atoms with Gasteiger partial charge in [-0.3, -0.25) is 9.00 Å². The standard InChI is InChI=1S/C16H15BrFNO2S/c1-11(16(20)19-15-7-3-6-14(18)9-15)22(21)10-12-4-2-5-13(17)8-12/h2-9,11H,10H2,1H3,(H,19,20)/t11-,22-/m0/s1. The van der Waals surface area contributed by atoms with Gasteiger partial charge in [0.2, 0.25) is 5.91 Å². The van der Waals surface area contributed by atoms with Crippen molar-refractivity contribution in [1.29, 1.82) is 0 Å². The normalized spacial score (nSPS) is 13.4. The highest BCUT2D eigenvalue weighted by atomic mass is 79.9. The molecule has 2 aromatic carbocycles. The summed E-state index contributed by atoms with van der Waals surface area (Å²) in [5, 5.41) is 1.89. The first-order chi connectivity index (χ1) is 10.5. The van der Waals surface area contributed by atoms with Crippen molar-refractivity contribution in [3.63, 3.8) is 0 Å². The fourth-order valence-electron chi connectivity index (χ4n) is 1.85. The van der Waals surface area contributed by atoms with Gasteiger partial charge in [-0.2, -0.15) is 0 Å². The zero-order valence-electron chi connectivity index (χ0n) is 11.9. The molecule has 1 N–H and O–H groups in total.